The third-order valence-electron chi connectivity index (χ3n) is 5.43. The van der Waals surface area contributed by atoms with E-state index in [2.05, 4.69) is 5.32 Å². The molecule has 0 saturated carbocycles. The Morgan fingerprint density at radius 2 is 1.82 bits per heavy atom. The van der Waals surface area contributed by atoms with Gasteiger partial charge in [-0.25, -0.2) is 4.79 Å². The SMILES string of the molecule is CC(C)(C)C(=S)NCc1cccc(-c2c3ccc(=O)cc-3oc3cc(O)ccc23)c1C(=O)O. The first-order chi connectivity index (χ1) is 15.6. The van der Waals surface area contributed by atoms with E-state index in [4.69, 9.17) is 16.6 Å². The summed E-state index contributed by atoms with van der Waals surface area (Å²) in [4.78, 5) is 25.1. The van der Waals surface area contributed by atoms with Gasteiger partial charge in [-0.3, -0.25) is 4.79 Å². The summed E-state index contributed by atoms with van der Waals surface area (Å²) in [5.74, 6) is -0.767. The molecule has 2 aliphatic rings. The van der Waals surface area contributed by atoms with Gasteiger partial charge in [-0.1, -0.05) is 51.2 Å². The molecule has 3 N–H and O–H groups in total. The summed E-state index contributed by atoms with van der Waals surface area (Å²) in [6, 6.07) is 14.3. The van der Waals surface area contributed by atoms with E-state index in [9.17, 15) is 19.8 Å². The molecule has 0 saturated heterocycles. The maximum Gasteiger partial charge on any atom is 0.336 e. The highest BCUT2D eigenvalue weighted by Crippen LogP contribution is 2.42. The van der Waals surface area contributed by atoms with Crippen molar-refractivity contribution in [2.45, 2.75) is 27.3 Å². The Labute approximate surface area is 195 Å². The van der Waals surface area contributed by atoms with Crippen LogP contribution in [0.25, 0.3) is 33.4 Å². The van der Waals surface area contributed by atoms with E-state index in [0.717, 1.165) is 0 Å². The molecule has 1 heterocycles. The molecule has 1 aliphatic heterocycles. The van der Waals surface area contributed by atoms with Crippen molar-refractivity contribution in [2.75, 3.05) is 0 Å². The Bertz CT molecular complexity index is 1430. The van der Waals surface area contributed by atoms with E-state index in [1.165, 1.54) is 24.3 Å². The van der Waals surface area contributed by atoms with Crippen molar-refractivity contribution in [3.8, 4) is 28.2 Å². The largest absolute Gasteiger partial charge is 0.508 e. The number of aromatic hydroxyl groups is 1. The van der Waals surface area contributed by atoms with Gasteiger partial charge >= 0.3 is 5.97 Å². The van der Waals surface area contributed by atoms with Crippen molar-refractivity contribution < 1.29 is 19.4 Å². The third-order valence-corrected chi connectivity index (χ3v) is 6.19. The van der Waals surface area contributed by atoms with E-state index in [-0.39, 0.29) is 28.7 Å². The number of carbonyl (C=O) groups is 1. The topological polar surface area (TPSA) is 99.8 Å². The highest BCUT2D eigenvalue weighted by molar-refractivity contribution is 7.80. The maximum absolute atomic E-state index is 12.5. The molecule has 0 aromatic heterocycles. The van der Waals surface area contributed by atoms with E-state index in [1.807, 2.05) is 20.8 Å². The predicted molar refractivity (Wildman–Crippen MR) is 132 cm³/mol. The lowest BCUT2D eigenvalue weighted by molar-refractivity contribution is 0.0696. The zero-order valence-electron chi connectivity index (χ0n) is 18.4. The van der Waals surface area contributed by atoms with Gasteiger partial charge in [0.25, 0.3) is 0 Å². The normalized spacial score (nSPS) is 11.6. The van der Waals surface area contributed by atoms with Crippen molar-refractivity contribution >= 4 is 34.1 Å². The van der Waals surface area contributed by atoms with Gasteiger partial charge in [0, 0.05) is 40.6 Å². The molecule has 4 rings (SSSR count). The van der Waals surface area contributed by atoms with Crippen LogP contribution in [0.5, 0.6) is 5.75 Å². The number of carboxylic acid groups (broad SMARTS) is 1. The number of benzene rings is 3. The van der Waals surface area contributed by atoms with E-state index >= 15 is 0 Å². The molecular weight excluding hydrogens is 438 g/mol. The minimum atomic E-state index is -1.08. The lowest BCUT2D eigenvalue weighted by Gasteiger charge is -2.22. The van der Waals surface area contributed by atoms with Gasteiger partial charge in [-0.05, 0) is 35.4 Å². The lowest BCUT2D eigenvalue weighted by Crippen LogP contribution is -2.33. The first-order valence-corrected chi connectivity index (χ1v) is 10.8. The number of phenols is 1. The highest BCUT2D eigenvalue weighted by Gasteiger charge is 2.24. The van der Waals surface area contributed by atoms with Crippen LogP contribution in [0.4, 0.5) is 0 Å². The first-order valence-electron chi connectivity index (χ1n) is 10.4. The van der Waals surface area contributed by atoms with Crippen LogP contribution < -0.4 is 10.7 Å². The Hall–Kier alpha value is -3.71. The van der Waals surface area contributed by atoms with E-state index in [1.54, 1.807) is 30.3 Å². The van der Waals surface area contributed by atoms with Gasteiger partial charge in [0.05, 0.1) is 10.6 Å². The van der Waals surface area contributed by atoms with Gasteiger partial charge in [0.2, 0.25) is 0 Å². The van der Waals surface area contributed by atoms with Crippen molar-refractivity contribution in [2.24, 2.45) is 5.41 Å². The molecule has 0 bridgehead atoms. The Morgan fingerprint density at radius 3 is 2.52 bits per heavy atom. The quantitative estimate of drug-likeness (QED) is 0.275. The smallest absolute Gasteiger partial charge is 0.336 e. The summed E-state index contributed by atoms with van der Waals surface area (Å²) in [5.41, 5.74) is 2.28. The van der Waals surface area contributed by atoms with Gasteiger partial charge < -0.3 is 19.9 Å². The van der Waals surface area contributed by atoms with Gasteiger partial charge in [-0.15, -0.1) is 0 Å². The number of nitrogens with one attached hydrogen (secondary N) is 1. The second-order valence-corrected chi connectivity index (χ2v) is 9.30. The van der Waals surface area contributed by atoms with E-state index < -0.39 is 5.97 Å². The molecule has 2 aromatic rings. The number of carboxylic acids is 1. The molecule has 7 heteroatoms. The number of hydrogen-bond donors (Lipinski definition) is 3. The van der Waals surface area contributed by atoms with Gasteiger partial charge in [0.1, 0.15) is 17.1 Å². The fourth-order valence-electron chi connectivity index (χ4n) is 3.80. The lowest BCUT2D eigenvalue weighted by atomic mass is 9.88. The molecular formula is C26H23NO5S. The second-order valence-electron chi connectivity index (χ2n) is 8.89. The summed E-state index contributed by atoms with van der Waals surface area (Å²) in [6.45, 7) is 6.22. The number of fused-ring (bicyclic) bond motifs is 2. The molecule has 0 unspecified atom stereocenters. The van der Waals surface area contributed by atoms with Crippen LogP contribution >= 0.6 is 12.2 Å². The number of aromatic carboxylic acids is 1. The third kappa shape index (κ3) is 4.32. The van der Waals surface area contributed by atoms with Crippen LogP contribution in [0.2, 0.25) is 0 Å². The summed E-state index contributed by atoms with van der Waals surface area (Å²) < 4.78 is 5.88. The van der Waals surface area contributed by atoms with Crippen molar-refractivity contribution in [3.05, 3.63) is 75.9 Å². The molecule has 6 nitrogen and oxygen atoms in total. The number of hydrogen-bond acceptors (Lipinski definition) is 5. The highest BCUT2D eigenvalue weighted by atomic mass is 32.1. The molecule has 0 radical (unpaired) electrons. The fraction of sp³-hybridized carbons (Fsp3) is 0.192. The number of rotatable bonds is 4. The van der Waals surface area contributed by atoms with Crippen LogP contribution in [0.15, 0.2) is 63.8 Å². The first kappa shape index (κ1) is 22.5. The van der Waals surface area contributed by atoms with Crippen LogP contribution in [0.1, 0.15) is 36.7 Å². The summed E-state index contributed by atoms with van der Waals surface area (Å²) in [7, 11) is 0. The molecule has 168 valence electrons. The summed E-state index contributed by atoms with van der Waals surface area (Å²) in [6.07, 6.45) is 0. The van der Waals surface area contributed by atoms with Crippen LogP contribution in [-0.2, 0) is 6.54 Å². The Balaban J connectivity index is 1.99. The van der Waals surface area contributed by atoms with Crippen molar-refractivity contribution in [1.82, 2.24) is 5.32 Å². The molecule has 0 spiro atoms. The molecule has 1 aliphatic carbocycles. The summed E-state index contributed by atoms with van der Waals surface area (Å²) in [5, 5.41) is 23.9. The standard InChI is InChI=1S/C26H23NO5S/c1-26(2,3)25(33)27-13-14-5-4-6-19(22(14)24(30)31)23-17-9-7-15(28)11-20(17)32-21-12-16(29)8-10-18(21)23/h4-12,28H,13H2,1-3H3,(H,27,33)(H,30,31). The minimum absolute atomic E-state index is 0.00179. The monoisotopic (exact) mass is 461 g/mol. The van der Waals surface area contributed by atoms with Crippen LogP contribution in [0, 0.1) is 5.41 Å². The van der Waals surface area contributed by atoms with Crippen molar-refractivity contribution in [3.63, 3.8) is 0 Å². The minimum Gasteiger partial charge on any atom is -0.508 e. The second kappa shape index (κ2) is 8.33. The fourth-order valence-corrected chi connectivity index (χ4v) is 3.87. The van der Waals surface area contributed by atoms with Crippen LogP contribution in [-0.4, -0.2) is 21.2 Å². The molecule has 0 fully saturated rings. The molecule has 33 heavy (non-hydrogen) atoms. The maximum atomic E-state index is 12.5. The molecule has 2 aromatic carbocycles. The zero-order valence-corrected chi connectivity index (χ0v) is 19.2. The number of phenolic OH excluding ortho intramolecular Hbond substituents is 1. The number of thiocarbonyl (C=S) groups is 1. The molecule has 0 atom stereocenters. The van der Waals surface area contributed by atoms with Gasteiger partial charge in [0.15, 0.2) is 5.43 Å². The zero-order chi connectivity index (χ0) is 23.9. The van der Waals surface area contributed by atoms with Crippen LogP contribution in [0.3, 0.4) is 0 Å². The Morgan fingerprint density at radius 1 is 1.06 bits per heavy atom. The average Bonchev–Trinajstić information content (AvgIpc) is 2.74. The average molecular weight is 462 g/mol. The summed E-state index contributed by atoms with van der Waals surface area (Å²) >= 11 is 5.45. The molecule has 0 amide bonds. The van der Waals surface area contributed by atoms with Crippen molar-refractivity contribution in [1.29, 1.82) is 0 Å². The predicted octanol–water partition coefficient (Wildman–Crippen LogP) is 5.43. The van der Waals surface area contributed by atoms with Gasteiger partial charge in [-0.2, -0.15) is 0 Å². The Kier molecular flexibility index (Phi) is 5.68. The van der Waals surface area contributed by atoms with E-state index in [0.29, 0.717) is 44.0 Å².